The normalized spacial score (nSPS) is 10.5. The Bertz CT molecular complexity index is 1040. The number of halogens is 1. The van der Waals surface area contributed by atoms with Gasteiger partial charge in [0.25, 0.3) is 0 Å². The molecular weight excluding hydrogens is 391 g/mol. The molecule has 0 radical (unpaired) electrons. The fourth-order valence-corrected chi connectivity index (χ4v) is 3.20. The van der Waals surface area contributed by atoms with E-state index in [9.17, 15) is 4.39 Å². The molecule has 8 heteroatoms. The van der Waals surface area contributed by atoms with Crippen LogP contribution in [0.1, 0.15) is 17.0 Å². The van der Waals surface area contributed by atoms with E-state index >= 15 is 0 Å². The Hall–Kier alpha value is -3.13. The predicted molar refractivity (Wildman–Crippen MR) is 117 cm³/mol. The molecule has 6 nitrogen and oxygen atoms in total. The number of anilines is 2. The van der Waals surface area contributed by atoms with Crippen molar-refractivity contribution in [2.45, 2.75) is 20.4 Å². The predicted octanol–water partition coefficient (Wildman–Crippen LogP) is 4.51. The largest absolute Gasteiger partial charge is 0.497 e. The van der Waals surface area contributed by atoms with Crippen LogP contribution >= 0.6 is 12.2 Å². The smallest absolute Gasteiger partial charge is 0.175 e. The zero-order chi connectivity index (χ0) is 21.0. The number of hydrogen-bond donors (Lipinski definition) is 2. The van der Waals surface area contributed by atoms with E-state index in [4.69, 9.17) is 21.7 Å². The highest BCUT2D eigenvalue weighted by Gasteiger charge is 2.15. The SMILES string of the molecule is COc1ccc(NC(=S)Nc2c(C)nn(Cc3ccccc3F)c2C)c(OC)c1. The summed E-state index contributed by atoms with van der Waals surface area (Å²) in [6, 6.07) is 12.1. The molecule has 0 saturated heterocycles. The van der Waals surface area contributed by atoms with Gasteiger partial charge in [-0.25, -0.2) is 4.39 Å². The van der Waals surface area contributed by atoms with Gasteiger partial charge >= 0.3 is 0 Å². The molecule has 29 heavy (non-hydrogen) atoms. The van der Waals surface area contributed by atoms with Crippen molar-refractivity contribution in [3.05, 3.63) is 65.2 Å². The highest BCUT2D eigenvalue weighted by molar-refractivity contribution is 7.80. The van der Waals surface area contributed by atoms with Crippen molar-refractivity contribution >= 4 is 28.7 Å². The third-order valence-corrected chi connectivity index (χ3v) is 4.76. The Morgan fingerprint density at radius 2 is 1.86 bits per heavy atom. The molecule has 0 spiro atoms. The first kappa shape index (κ1) is 20.6. The molecule has 0 unspecified atom stereocenters. The highest BCUT2D eigenvalue weighted by atomic mass is 32.1. The first-order chi connectivity index (χ1) is 13.9. The molecule has 2 N–H and O–H groups in total. The summed E-state index contributed by atoms with van der Waals surface area (Å²) in [5, 5.41) is 11.2. The topological polar surface area (TPSA) is 60.3 Å². The lowest BCUT2D eigenvalue weighted by Crippen LogP contribution is -2.20. The lowest BCUT2D eigenvalue weighted by molar-refractivity contribution is 0.395. The Morgan fingerprint density at radius 1 is 1.10 bits per heavy atom. The van der Waals surface area contributed by atoms with Gasteiger partial charge in [0.1, 0.15) is 17.3 Å². The van der Waals surface area contributed by atoms with Crippen LogP contribution in [0.3, 0.4) is 0 Å². The van der Waals surface area contributed by atoms with Crippen LogP contribution in [0.5, 0.6) is 11.5 Å². The Morgan fingerprint density at radius 3 is 2.55 bits per heavy atom. The van der Waals surface area contributed by atoms with Gasteiger partial charge in [-0.15, -0.1) is 0 Å². The van der Waals surface area contributed by atoms with Gasteiger partial charge in [-0.2, -0.15) is 5.10 Å². The molecule has 0 amide bonds. The number of aryl methyl sites for hydroxylation is 1. The molecule has 0 fully saturated rings. The van der Waals surface area contributed by atoms with E-state index in [1.807, 2.05) is 32.0 Å². The van der Waals surface area contributed by atoms with E-state index < -0.39 is 0 Å². The van der Waals surface area contributed by atoms with Crippen LogP contribution in [0.25, 0.3) is 0 Å². The summed E-state index contributed by atoms with van der Waals surface area (Å²) in [7, 11) is 3.18. The molecule has 2 aromatic carbocycles. The molecule has 1 aromatic heterocycles. The molecule has 0 aliphatic rings. The third-order valence-electron chi connectivity index (χ3n) is 4.55. The molecule has 0 aliphatic carbocycles. The Labute approximate surface area is 174 Å². The number of hydrogen-bond acceptors (Lipinski definition) is 4. The molecular formula is C21H23FN4O2S. The van der Waals surface area contributed by atoms with Crippen LogP contribution in [0, 0.1) is 19.7 Å². The molecule has 3 rings (SSSR count). The van der Waals surface area contributed by atoms with Crippen molar-refractivity contribution in [3.63, 3.8) is 0 Å². The van der Waals surface area contributed by atoms with Crippen molar-refractivity contribution in [1.82, 2.24) is 9.78 Å². The third kappa shape index (κ3) is 4.65. The van der Waals surface area contributed by atoms with Gasteiger partial charge in [0.2, 0.25) is 0 Å². The molecule has 3 aromatic rings. The average molecular weight is 415 g/mol. The fraction of sp³-hybridized carbons (Fsp3) is 0.238. The van der Waals surface area contributed by atoms with Crippen molar-refractivity contribution in [3.8, 4) is 11.5 Å². The van der Waals surface area contributed by atoms with Crippen LogP contribution in [0.15, 0.2) is 42.5 Å². The first-order valence-electron chi connectivity index (χ1n) is 9.00. The van der Waals surface area contributed by atoms with E-state index in [1.54, 1.807) is 37.1 Å². The van der Waals surface area contributed by atoms with Crippen LogP contribution in [0.4, 0.5) is 15.8 Å². The van der Waals surface area contributed by atoms with E-state index in [2.05, 4.69) is 15.7 Å². The molecule has 152 valence electrons. The number of nitrogens with one attached hydrogen (secondary N) is 2. The lowest BCUT2D eigenvalue weighted by Gasteiger charge is -2.14. The summed E-state index contributed by atoms with van der Waals surface area (Å²) < 4.78 is 26.3. The summed E-state index contributed by atoms with van der Waals surface area (Å²) in [6.45, 7) is 4.14. The number of aromatic nitrogens is 2. The molecule has 0 saturated carbocycles. The molecule has 1 heterocycles. The second-order valence-electron chi connectivity index (χ2n) is 6.44. The highest BCUT2D eigenvalue weighted by Crippen LogP contribution is 2.29. The fourth-order valence-electron chi connectivity index (χ4n) is 2.99. The number of rotatable bonds is 6. The maximum absolute atomic E-state index is 14.0. The van der Waals surface area contributed by atoms with Crippen LogP contribution in [0.2, 0.25) is 0 Å². The number of thiocarbonyl (C=S) groups is 1. The number of ether oxygens (including phenoxy) is 2. The van der Waals surface area contributed by atoms with Gasteiger partial charge in [-0.05, 0) is 44.3 Å². The van der Waals surface area contributed by atoms with E-state index in [-0.39, 0.29) is 5.82 Å². The summed E-state index contributed by atoms with van der Waals surface area (Å²) in [5.41, 5.74) is 3.70. The van der Waals surface area contributed by atoms with Crippen LogP contribution in [-0.2, 0) is 6.54 Å². The van der Waals surface area contributed by atoms with Gasteiger partial charge in [0.15, 0.2) is 5.11 Å². The summed E-state index contributed by atoms with van der Waals surface area (Å²) in [6.07, 6.45) is 0. The van der Waals surface area contributed by atoms with Crippen LogP contribution in [-0.4, -0.2) is 29.1 Å². The van der Waals surface area contributed by atoms with Crippen molar-refractivity contribution in [2.75, 3.05) is 24.9 Å². The average Bonchev–Trinajstić information content (AvgIpc) is 2.97. The van der Waals surface area contributed by atoms with Crippen LogP contribution < -0.4 is 20.1 Å². The minimum absolute atomic E-state index is 0.252. The number of nitrogens with zero attached hydrogens (tertiary/aromatic N) is 2. The molecule has 0 atom stereocenters. The minimum Gasteiger partial charge on any atom is -0.497 e. The van der Waals surface area contributed by atoms with E-state index in [0.29, 0.717) is 34.4 Å². The summed E-state index contributed by atoms with van der Waals surface area (Å²) >= 11 is 5.46. The lowest BCUT2D eigenvalue weighted by atomic mass is 10.2. The monoisotopic (exact) mass is 414 g/mol. The Balaban J connectivity index is 1.76. The van der Waals surface area contributed by atoms with Gasteiger partial charge in [0.05, 0.1) is 43.5 Å². The maximum Gasteiger partial charge on any atom is 0.175 e. The summed E-state index contributed by atoms with van der Waals surface area (Å²) in [4.78, 5) is 0. The minimum atomic E-state index is -0.252. The second-order valence-corrected chi connectivity index (χ2v) is 6.85. The molecule has 0 bridgehead atoms. The van der Waals surface area contributed by atoms with E-state index in [1.165, 1.54) is 6.07 Å². The van der Waals surface area contributed by atoms with Gasteiger partial charge in [-0.1, -0.05) is 18.2 Å². The first-order valence-corrected chi connectivity index (χ1v) is 9.41. The Kier molecular flexibility index (Phi) is 6.33. The maximum atomic E-state index is 14.0. The molecule has 0 aliphatic heterocycles. The van der Waals surface area contributed by atoms with Crippen molar-refractivity contribution in [1.29, 1.82) is 0 Å². The van der Waals surface area contributed by atoms with Crippen molar-refractivity contribution in [2.24, 2.45) is 0 Å². The quantitative estimate of drug-likeness (QED) is 0.579. The second kappa shape index (κ2) is 8.91. The zero-order valence-corrected chi connectivity index (χ0v) is 17.6. The van der Waals surface area contributed by atoms with Crippen molar-refractivity contribution < 1.29 is 13.9 Å². The number of methoxy groups -OCH3 is 2. The van der Waals surface area contributed by atoms with Gasteiger partial charge < -0.3 is 20.1 Å². The summed E-state index contributed by atoms with van der Waals surface area (Å²) in [5.74, 6) is 1.04. The van der Waals surface area contributed by atoms with Gasteiger partial charge in [0, 0.05) is 11.6 Å². The van der Waals surface area contributed by atoms with Gasteiger partial charge in [-0.3, -0.25) is 4.68 Å². The number of benzene rings is 2. The standard InChI is InChI=1S/C21H23FN4O2S/c1-13-20(14(2)26(25-13)12-15-7-5-6-8-17(15)22)24-21(29)23-18-10-9-16(27-3)11-19(18)28-4/h5-11H,12H2,1-4H3,(H2,23,24,29). The van der Waals surface area contributed by atoms with E-state index in [0.717, 1.165) is 17.1 Å². The zero-order valence-electron chi connectivity index (χ0n) is 16.7.